The highest BCUT2D eigenvalue weighted by Gasteiger charge is 2.48. The summed E-state index contributed by atoms with van der Waals surface area (Å²) in [6, 6.07) is 1.97. The van der Waals surface area contributed by atoms with E-state index in [4.69, 9.17) is 21.8 Å². The van der Waals surface area contributed by atoms with Gasteiger partial charge in [0.2, 0.25) is 6.10 Å². The molecule has 1 aliphatic rings. The third kappa shape index (κ3) is 2.68. The number of hydrogen-bond acceptors (Lipinski definition) is 3. The van der Waals surface area contributed by atoms with E-state index in [-0.39, 0.29) is 10.6 Å². The highest BCUT2D eigenvalue weighted by atomic mass is 35.5. The van der Waals surface area contributed by atoms with Crippen LogP contribution in [0, 0.1) is 5.82 Å². The maximum Gasteiger partial charge on any atom is 0.429 e. The van der Waals surface area contributed by atoms with Gasteiger partial charge in [-0.25, -0.2) is 4.39 Å². The quantitative estimate of drug-likeness (QED) is 0.619. The molecule has 0 bridgehead atoms. The number of ether oxygens (including phenoxy) is 1. The Labute approximate surface area is 109 Å². The van der Waals surface area contributed by atoms with Crippen molar-refractivity contribution >= 4 is 17.7 Å². The largest absolute Gasteiger partial charge is 0.473 e. The summed E-state index contributed by atoms with van der Waals surface area (Å²) in [5, 5.41) is 17.9. The van der Waals surface area contributed by atoms with E-state index >= 15 is 0 Å². The predicted octanol–water partition coefficient (Wildman–Crippen LogP) is 2.50. The fourth-order valence-electron chi connectivity index (χ4n) is 1.72. The third-order valence-electron chi connectivity index (χ3n) is 2.49. The molecule has 8 heteroatoms. The zero-order valence-corrected chi connectivity index (χ0v) is 9.84. The van der Waals surface area contributed by atoms with E-state index in [2.05, 4.69) is 4.74 Å². The fourth-order valence-corrected chi connectivity index (χ4v) is 1.93. The van der Waals surface area contributed by atoms with E-state index < -0.39 is 35.7 Å². The van der Waals surface area contributed by atoms with E-state index in [1.807, 2.05) is 0 Å². The van der Waals surface area contributed by atoms with Gasteiger partial charge in [-0.1, -0.05) is 11.6 Å². The van der Waals surface area contributed by atoms with Gasteiger partial charge < -0.3 is 14.9 Å². The SMILES string of the molecule is OC(O)C1=Cc2cc(Cl)cc(F)c2OC1C(F)(F)F. The van der Waals surface area contributed by atoms with Crippen LogP contribution in [0.3, 0.4) is 0 Å². The van der Waals surface area contributed by atoms with Crippen LogP contribution < -0.4 is 4.74 Å². The summed E-state index contributed by atoms with van der Waals surface area (Å²) in [5.41, 5.74) is -0.921. The first-order valence-corrected chi connectivity index (χ1v) is 5.38. The smallest absolute Gasteiger partial charge is 0.429 e. The van der Waals surface area contributed by atoms with E-state index in [0.717, 1.165) is 18.2 Å². The Morgan fingerprint density at radius 2 is 1.89 bits per heavy atom. The van der Waals surface area contributed by atoms with Crippen LogP contribution in [0.4, 0.5) is 17.6 Å². The molecule has 0 fully saturated rings. The number of fused-ring (bicyclic) bond motifs is 1. The van der Waals surface area contributed by atoms with Crippen molar-refractivity contribution < 1.29 is 32.5 Å². The second kappa shape index (κ2) is 4.66. The topological polar surface area (TPSA) is 49.7 Å². The van der Waals surface area contributed by atoms with Crippen LogP contribution in [0.15, 0.2) is 17.7 Å². The lowest BCUT2D eigenvalue weighted by atomic mass is 10.0. The standard InChI is InChI=1S/C11H7ClF4O3/c12-5-1-4-2-6(10(17)18)9(11(14,15)16)19-8(4)7(13)3-5/h1-3,9-10,17-18H. The zero-order chi connectivity index (χ0) is 14.4. The van der Waals surface area contributed by atoms with E-state index in [0.29, 0.717) is 0 Å². The molecular weight excluding hydrogens is 292 g/mol. The highest BCUT2D eigenvalue weighted by Crippen LogP contribution is 2.40. The third-order valence-corrected chi connectivity index (χ3v) is 2.71. The van der Waals surface area contributed by atoms with Gasteiger partial charge in [0.25, 0.3) is 0 Å². The molecule has 0 spiro atoms. The van der Waals surface area contributed by atoms with Crippen LogP contribution in [0.5, 0.6) is 5.75 Å². The minimum atomic E-state index is -4.90. The normalized spacial score (nSPS) is 18.9. The molecule has 0 amide bonds. The van der Waals surface area contributed by atoms with Crippen molar-refractivity contribution in [3.05, 3.63) is 34.1 Å². The second-order valence-corrected chi connectivity index (χ2v) is 4.30. The van der Waals surface area contributed by atoms with E-state index in [1.54, 1.807) is 0 Å². The van der Waals surface area contributed by atoms with E-state index in [9.17, 15) is 17.6 Å². The predicted molar refractivity (Wildman–Crippen MR) is 58.1 cm³/mol. The first-order chi connectivity index (χ1) is 8.70. The van der Waals surface area contributed by atoms with Crippen molar-refractivity contribution in [2.24, 2.45) is 0 Å². The molecule has 0 radical (unpaired) electrons. The molecule has 0 aliphatic carbocycles. The fraction of sp³-hybridized carbons (Fsp3) is 0.273. The van der Waals surface area contributed by atoms with Gasteiger partial charge in [-0.2, -0.15) is 13.2 Å². The molecule has 3 nitrogen and oxygen atoms in total. The van der Waals surface area contributed by atoms with Gasteiger partial charge in [-0.15, -0.1) is 0 Å². The first-order valence-electron chi connectivity index (χ1n) is 5.00. The van der Waals surface area contributed by atoms with Gasteiger partial charge in [0.1, 0.15) is 0 Å². The summed E-state index contributed by atoms with van der Waals surface area (Å²) in [4.78, 5) is 0. The molecule has 0 saturated carbocycles. The van der Waals surface area contributed by atoms with E-state index in [1.165, 1.54) is 0 Å². The number of hydrogen-bond donors (Lipinski definition) is 2. The van der Waals surface area contributed by atoms with Gasteiger partial charge >= 0.3 is 6.18 Å². The van der Waals surface area contributed by atoms with Gasteiger partial charge in [0, 0.05) is 16.2 Å². The number of halogens is 5. The Morgan fingerprint density at radius 3 is 2.42 bits per heavy atom. The van der Waals surface area contributed by atoms with Crippen LogP contribution in [0.2, 0.25) is 5.02 Å². The van der Waals surface area contributed by atoms with Crippen molar-refractivity contribution in [2.75, 3.05) is 0 Å². The number of benzene rings is 1. The molecule has 104 valence electrons. The van der Waals surface area contributed by atoms with Crippen molar-refractivity contribution in [3.8, 4) is 5.75 Å². The maximum atomic E-state index is 13.5. The van der Waals surface area contributed by atoms with Gasteiger partial charge in [0.15, 0.2) is 17.9 Å². The summed E-state index contributed by atoms with van der Waals surface area (Å²) in [7, 11) is 0. The van der Waals surface area contributed by atoms with Gasteiger partial charge in [-0.3, -0.25) is 0 Å². The average Bonchev–Trinajstić information content (AvgIpc) is 2.25. The highest BCUT2D eigenvalue weighted by molar-refractivity contribution is 6.30. The van der Waals surface area contributed by atoms with Crippen LogP contribution in [-0.4, -0.2) is 28.8 Å². The lowest BCUT2D eigenvalue weighted by molar-refractivity contribution is -0.193. The van der Waals surface area contributed by atoms with Crippen LogP contribution in [0.25, 0.3) is 6.08 Å². The second-order valence-electron chi connectivity index (χ2n) is 3.86. The minimum Gasteiger partial charge on any atom is -0.473 e. The number of aliphatic hydroxyl groups excluding tert-OH is 1. The molecule has 2 rings (SSSR count). The first kappa shape index (κ1) is 14.1. The molecule has 1 aliphatic heterocycles. The Hall–Kier alpha value is -1.31. The maximum absolute atomic E-state index is 13.5. The van der Waals surface area contributed by atoms with Crippen molar-refractivity contribution in [2.45, 2.75) is 18.6 Å². The summed E-state index contributed by atoms with van der Waals surface area (Å²) in [6.45, 7) is 0. The molecular formula is C11H7ClF4O3. The van der Waals surface area contributed by atoms with Gasteiger partial charge in [0.05, 0.1) is 0 Å². The van der Waals surface area contributed by atoms with Crippen molar-refractivity contribution in [3.63, 3.8) is 0 Å². The van der Waals surface area contributed by atoms with Crippen molar-refractivity contribution in [1.82, 2.24) is 0 Å². The van der Waals surface area contributed by atoms with Crippen LogP contribution in [0.1, 0.15) is 5.56 Å². The summed E-state index contributed by atoms with van der Waals surface area (Å²) in [5.74, 6) is -1.68. The van der Waals surface area contributed by atoms with Crippen LogP contribution in [-0.2, 0) is 0 Å². The lowest BCUT2D eigenvalue weighted by Crippen LogP contribution is -2.41. The number of rotatable bonds is 1. The molecule has 1 atom stereocenters. The monoisotopic (exact) mass is 298 g/mol. The molecule has 19 heavy (non-hydrogen) atoms. The molecule has 0 aromatic heterocycles. The Kier molecular flexibility index (Phi) is 3.46. The number of aliphatic hydroxyl groups is 2. The minimum absolute atomic E-state index is 0.0478. The average molecular weight is 299 g/mol. The molecule has 1 aromatic rings. The van der Waals surface area contributed by atoms with Crippen LogP contribution >= 0.6 is 11.6 Å². The Balaban J connectivity index is 2.58. The summed E-state index contributed by atoms with van der Waals surface area (Å²) >= 11 is 5.56. The van der Waals surface area contributed by atoms with Crippen molar-refractivity contribution in [1.29, 1.82) is 0 Å². The Morgan fingerprint density at radius 1 is 1.26 bits per heavy atom. The molecule has 1 unspecified atom stereocenters. The molecule has 1 heterocycles. The lowest BCUT2D eigenvalue weighted by Gasteiger charge is -2.29. The zero-order valence-electron chi connectivity index (χ0n) is 9.08. The number of alkyl halides is 3. The Bertz CT molecular complexity index is 539. The van der Waals surface area contributed by atoms with Gasteiger partial charge in [-0.05, 0) is 18.2 Å². The molecule has 0 saturated heterocycles. The summed E-state index contributed by atoms with van der Waals surface area (Å²) in [6.07, 6.45) is -9.09. The molecule has 1 aromatic carbocycles. The molecule has 2 N–H and O–H groups in total. The summed E-state index contributed by atoms with van der Waals surface area (Å²) < 4.78 is 56.2.